The van der Waals surface area contributed by atoms with E-state index in [1.165, 1.54) is 0 Å². The summed E-state index contributed by atoms with van der Waals surface area (Å²) in [4.78, 5) is 20.4. The van der Waals surface area contributed by atoms with Gasteiger partial charge < -0.3 is 9.80 Å². The van der Waals surface area contributed by atoms with Gasteiger partial charge in [-0.1, -0.05) is 36.4 Å². The zero-order chi connectivity index (χ0) is 16.1. The van der Waals surface area contributed by atoms with Crippen molar-refractivity contribution >= 4 is 5.91 Å². The second-order valence-electron chi connectivity index (χ2n) is 5.64. The van der Waals surface area contributed by atoms with Crippen molar-refractivity contribution in [1.82, 2.24) is 14.8 Å². The first-order chi connectivity index (χ1) is 11.2. The van der Waals surface area contributed by atoms with Crippen LogP contribution in [-0.4, -0.2) is 53.9 Å². The minimum atomic E-state index is -0.118. The number of pyridine rings is 1. The van der Waals surface area contributed by atoms with E-state index in [1.807, 2.05) is 42.5 Å². The van der Waals surface area contributed by atoms with Gasteiger partial charge in [0.1, 0.15) is 5.69 Å². The zero-order valence-electron chi connectivity index (χ0n) is 13.2. The van der Waals surface area contributed by atoms with Gasteiger partial charge in [0.05, 0.1) is 0 Å². The van der Waals surface area contributed by atoms with Crippen LogP contribution in [0, 0.1) is 11.8 Å². The molecule has 2 heterocycles. The Morgan fingerprint density at radius 2 is 1.74 bits per heavy atom. The van der Waals surface area contributed by atoms with E-state index in [0.717, 1.165) is 37.3 Å². The summed E-state index contributed by atoms with van der Waals surface area (Å²) in [5.74, 6) is 5.45. The van der Waals surface area contributed by atoms with Gasteiger partial charge >= 0.3 is 0 Å². The number of hydrogen-bond acceptors (Lipinski definition) is 3. The van der Waals surface area contributed by atoms with Crippen LogP contribution in [0.1, 0.15) is 5.69 Å². The quantitative estimate of drug-likeness (QED) is 0.755. The molecule has 1 fully saturated rings. The Morgan fingerprint density at radius 3 is 2.39 bits per heavy atom. The van der Waals surface area contributed by atoms with Crippen LogP contribution in [0.2, 0.25) is 0 Å². The molecule has 1 aliphatic heterocycles. The second-order valence-corrected chi connectivity index (χ2v) is 5.64. The maximum absolute atomic E-state index is 12.1. The molecule has 0 radical (unpaired) electrons. The number of rotatable bonds is 1. The Balaban J connectivity index is 1.66. The fourth-order valence-electron chi connectivity index (χ4n) is 2.48. The standard InChI is InChI=1S/C19H19N3O/c1-21-11-13-22(14-12-21)19(23)10-9-18-8-7-17(15-20-18)16-5-3-2-4-6-16/h2-8,15H,11-14H2,1H3. The van der Waals surface area contributed by atoms with Crippen molar-refractivity contribution in [3.63, 3.8) is 0 Å². The SMILES string of the molecule is CN1CCN(C(=O)C#Cc2ccc(-c3ccccc3)cn2)CC1. The molecule has 0 aliphatic carbocycles. The number of likely N-dealkylation sites (N-methyl/N-ethyl adjacent to an activating group) is 1. The van der Waals surface area contributed by atoms with Crippen LogP contribution in [0.15, 0.2) is 48.7 Å². The van der Waals surface area contributed by atoms with Crippen LogP contribution in [0.5, 0.6) is 0 Å². The third-order valence-corrected chi connectivity index (χ3v) is 3.96. The first-order valence-corrected chi connectivity index (χ1v) is 7.73. The number of carbonyl (C=O) groups excluding carboxylic acids is 1. The van der Waals surface area contributed by atoms with Crippen LogP contribution >= 0.6 is 0 Å². The lowest BCUT2D eigenvalue weighted by Crippen LogP contribution is -2.46. The molecule has 1 aromatic heterocycles. The fraction of sp³-hybridized carbons (Fsp3) is 0.263. The maximum Gasteiger partial charge on any atom is 0.298 e. The summed E-state index contributed by atoms with van der Waals surface area (Å²) in [6.07, 6.45) is 1.79. The molecule has 0 spiro atoms. The van der Waals surface area contributed by atoms with Crippen molar-refractivity contribution in [3.8, 4) is 23.0 Å². The number of benzene rings is 1. The zero-order valence-corrected chi connectivity index (χ0v) is 13.2. The molecule has 23 heavy (non-hydrogen) atoms. The number of hydrogen-bond donors (Lipinski definition) is 0. The smallest absolute Gasteiger partial charge is 0.298 e. The predicted molar refractivity (Wildman–Crippen MR) is 90.6 cm³/mol. The Bertz CT molecular complexity index is 721. The van der Waals surface area contributed by atoms with Gasteiger partial charge in [-0.2, -0.15) is 0 Å². The molecule has 1 amide bonds. The molecular weight excluding hydrogens is 286 g/mol. The maximum atomic E-state index is 12.1. The molecule has 0 N–H and O–H groups in total. The Hall–Kier alpha value is -2.64. The van der Waals surface area contributed by atoms with Crippen molar-refractivity contribution in [2.24, 2.45) is 0 Å². The summed E-state index contributed by atoms with van der Waals surface area (Å²) in [7, 11) is 2.06. The molecule has 2 aromatic rings. The average Bonchev–Trinajstić information content (AvgIpc) is 2.61. The van der Waals surface area contributed by atoms with Gasteiger partial charge in [-0.25, -0.2) is 4.98 Å². The van der Waals surface area contributed by atoms with Gasteiger partial charge in [0.2, 0.25) is 0 Å². The predicted octanol–water partition coefficient (Wildman–Crippen LogP) is 1.87. The largest absolute Gasteiger partial charge is 0.329 e. The highest BCUT2D eigenvalue weighted by molar-refractivity contribution is 5.94. The van der Waals surface area contributed by atoms with Crippen molar-refractivity contribution in [1.29, 1.82) is 0 Å². The van der Waals surface area contributed by atoms with E-state index >= 15 is 0 Å². The average molecular weight is 305 g/mol. The molecule has 0 saturated carbocycles. The molecule has 0 bridgehead atoms. The number of carbonyl (C=O) groups is 1. The topological polar surface area (TPSA) is 36.4 Å². The van der Waals surface area contributed by atoms with Crippen molar-refractivity contribution in [2.45, 2.75) is 0 Å². The van der Waals surface area contributed by atoms with Gasteiger partial charge in [-0.15, -0.1) is 0 Å². The number of piperazine rings is 1. The summed E-state index contributed by atoms with van der Waals surface area (Å²) in [5, 5.41) is 0. The summed E-state index contributed by atoms with van der Waals surface area (Å²) >= 11 is 0. The van der Waals surface area contributed by atoms with E-state index in [0.29, 0.717) is 5.69 Å². The van der Waals surface area contributed by atoms with Crippen LogP contribution in [0.25, 0.3) is 11.1 Å². The van der Waals surface area contributed by atoms with E-state index in [4.69, 9.17) is 0 Å². The lowest BCUT2D eigenvalue weighted by Gasteiger charge is -2.30. The van der Waals surface area contributed by atoms with Gasteiger partial charge in [-0.05, 0) is 24.6 Å². The Morgan fingerprint density at radius 1 is 1.00 bits per heavy atom. The summed E-state index contributed by atoms with van der Waals surface area (Å²) in [6.45, 7) is 3.28. The van der Waals surface area contributed by atoms with E-state index < -0.39 is 0 Å². The fourth-order valence-corrected chi connectivity index (χ4v) is 2.48. The minimum absolute atomic E-state index is 0.118. The highest BCUT2D eigenvalue weighted by Crippen LogP contribution is 2.17. The van der Waals surface area contributed by atoms with E-state index in [2.05, 4.69) is 28.8 Å². The molecular formula is C19H19N3O. The molecule has 116 valence electrons. The van der Waals surface area contributed by atoms with Crippen LogP contribution < -0.4 is 0 Å². The van der Waals surface area contributed by atoms with Gasteiger partial charge in [0.25, 0.3) is 5.91 Å². The van der Waals surface area contributed by atoms with E-state index in [1.54, 1.807) is 11.1 Å². The van der Waals surface area contributed by atoms with Crippen LogP contribution in [0.4, 0.5) is 0 Å². The molecule has 1 aromatic carbocycles. The normalized spacial score (nSPS) is 14.9. The molecule has 0 unspecified atom stereocenters. The second kappa shape index (κ2) is 7.08. The Labute approximate surface area is 136 Å². The van der Waals surface area contributed by atoms with Crippen LogP contribution in [-0.2, 0) is 4.79 Å². The molecule has 3 rings (SSSR count). The van der Waals surface area contributed by atoms with Gasteiger partial charge in [-0.3, -0.25) is 4.79 Å². The molecule has 0 atom stereocenters. The molecule has 1 aliphatic rings. The minimum Gasteiger partial charge on any atom is -0.329 e. The van der Waals surface area contributed by atoms with E-state index in [9.17, 15) is 4.79 Å². The number of nitrogens with zero attached hydrogens (tertiary/aromatic N) is 3. The Kier molecular flexibility index (Phi) is 4.70. The number of aromatic nitrogens is 1. The number of amides is 1. The van der Waals surface area contributed by atoms with Gasteiger partial charge in [0.15, 0.2) is 0 Å². The molecule has 1 saturated heterocycles. The van der Waals surface area contributed by atoms with Crippen molar-refractivity contribution in [2.75, 3.05) is 33.2 Å². The van der Waals surface area contributed by atoms with Crippen LogP contribution in [0.3, 0.4) is 0 Å². The first kappa shape index (κ1) is 15.3. The summed E-state index contributed by atoms with van der Waals surface area (Å²) < 4.78 is 0. The lowest BCUT2D eigenvalue weighted by atomic mass is 10.1. The summed E-state index contributed by atoms with van der Waals surface area (Å²) in [5.41, 5.74) is 2.78. The highest BCUT2D eigenvalue weighted by atomic mass is 16.2. The lowest BCUT2D eigenvalue weighted by molar-refractivity contribution is -0.126. The van der Waals surface area contributed by atoms with Crippen molar-refractivity contribution in [3.05, 3.63) is 54.4 Å². The third kappa shape index (κ3) is 3.97. The van der Waals surface area contributed by atoms with E-state index in [-0.39, 0.29) is 5.91 Å². The molecule has 4 nitrogen and oxygen atoms in total. The first-order valence-electron chi connectivity index (χ1n) is 7.73. The highest BCUT2D eigenvalue weighted by Gasteiger charge is 2.17. The third-order valence-electron chi connectivity index (χ3n) is 3.96. The summed E-state index contributed by atoms with van der Waals surface area (Å²) in [6, 6.07) is 13.9. The van der Waals surface area contributed by atoms with Crippen molar-refractivity contribution < 1.29 is 4.79 Å². The monoisotopic (exact) mass is 305 g/mol. The van der Waals surface area contributed by atoms with Gasteiger partial charge in [0, 0.05) is 43.9 Å². The molecule has 4 heteroatoms.